The molecule has 1 amide bonds. The van der Waals surface area contributed by atoms with Crippen LogP contribution >= 0.6 is 23.5 Å². The van der Waals surface area contributed by atoms with E-state index in [0.29, 0.717) is 29.1 Å². The molecule has 160 valence electrons. The lowest BCUT2D eigenvalue weighted by Gasteiger charge is -2.29. The van der Waals surface area contributed by atoms with E-state index in [1.165, 1.54) is 11.8 Å². The van der Waals surface area contributed by atoms with Crippen LogP contribution in [0, 0.1) is 0 Å². The number of fused-ring (bicyclic) bond motifs is 2. The summed E-state index contributed by atoms with van der Waals surface area (Å²) in [6.07, 6.45) is 0. The molecule has 0 bridgehead atoms. The molecule has 4 aromatic rings. The summed E-state index contributed by atoms with van der Waals surface area (Å²) in [6, 6.07) is 25.2. The van der Waals surface area contributed by atoms with Crippen molar-refractivity contribution in [2.75, 3.05) is 23.0 Å². The average Bonchev–Trinajstić information content (AvgIpc) is 2.85. The standard InChI is InChI=1S/C25H21N3O2S2/c29-23(27-14-15-31-22-13-7-6-12-21(22)27)17-32-25-26-20-11-5-4-10-19(20)24(30)28(25)16-18-8-2-1-3-9-18/h1-13H,14-17H2. The molecule has 32 heavy (non-hydrogen) atoms. The summed E-state index contributed by atoms with van der Waals surface area (Å²) in [5.41, 5.74) is 2.54. The number of nitrogens with zero attached hydrogens (tertiary/aromatic N) is 3. The van der Waals surface area contributed by atoms with Gasteiger partial charge < -0.3 is 4.90 Å². The third-order valence-electron chi connectivity index (χ3n) is 5.36. The molecule has 0 atom stereocenters. The largest absolute Gasteiger partial charge is 0.310 e. The molecule has 0 unspecified atom stereocenters. The first kappa shape index (κ1) is 20.8. The van der Waals surface area contributed by atoms with E-state index in [-0.39, 0.29) is 17.2 Å². The van der Waals surface area contributed by atoms with Crippen molar-refractivity contribution in [2.45, 2.75) is 16.6 Å². The number of hydrogen-bond donors (Lipinski definition) is 0. The number of rotatable bonds is 5. The van der Waals surface area contributed by atoms with Crippen LogP contribution in [0.5, 0.6) is 0 Å². The van der Waals surface area contributed by atoms with Gasteiger partial charge in [0.1, 0.15) is 0 Å². The molecule has 1 aliphatic heterocycles. The second-order valence-electron chi connectivity index (χ2n) is 7.44. The zero-order valence-electron chi connectivity index (χ0n) is 17.3. The van der Waals surface area contributed by atoms with Gasteiger partial charge in [-0.3, -0.25) is 14.2 Å². The Labute approximate surface area is 194 Å². The molecule has 5 rings (SSSR count). The smallest absolute Gasteiger partial charge is 0.262 e. The normalized spacial score (nSPS) is 13.2. The Morgan fingerprint density at radius 2 is 1.72 bits per heavy atom. The fourth-order valence-corrected chi connectivity index (χ4v) is 5.67. The molecule has 0 radical (unpaired) electrons. The van der Waals surface area contributed by atoms with E-state index >= 15 is 0 Å². The number of thioether (sulfide) groups is 2. The van der Waals surface area contributed by atoms with Crippen molar-refractivity contribution in [1.82, 2.24) is 9.55 Å². The van der Waals surface area contributed by atoms with Crippen LogP contribution in [0.3, 0.4) is 0 Å². The molecule has 5 nitrogen and oxygen atoms in total. The predicted molar refractivity (Wildman–Crippen MR) is 132 cm³/mol. The van der Waals surface area contributed by atoms with Gasteiger partial charge in [0.15, 0.2) is 5.16 Å². The van der Waals surface area contributed by atoms with Gasteiger partial charge in [-0.15, -0.1) is 11.8 Å². The first-order valence-electron chi connectivity index (χ1n) is 10.4. The fraction of sp³-hybridized carbons (Fsp3) is 0.160. The lowest BCUT2D eigenvalue weighted by atomic mass is 10.2. The quantitative estimate of drug-likeness (QED) is 0.321. The Balaban J connectivity index is 1.45. The van der Waals surface area contributed by atoms with Gasteiger partial charge in [-0.05, 0) is 29.8 Å². The van der Waals surface area contributed by atoms with E-state index < -0.39 is 0 Å². The van der Waals surface area contributed by atoms with Crippen LogP contribution in [0.1, 0.15) is 5.56 Å². The number of hydrogen-bond acceptors (Lipinski definition) is 5. The van der Waals surface area contributed by atoms with Crippen molar-refractivity contribution >= 4 is 46.0 Å². The van der Waals surface area contributed by atoms with Gasteiger partial charge in [-0.1, -0.05) is 66.4 Å². The molecule has 0 saturated carbocycles. The SMILES string of the molecule is O=C(CSc1nc2ccccc2c(=O)n1Cc1ccccc1)N1CCSc2ccccc21. The van der Waals surface area contributed by atoms with Crippen molar-refractivity contribution in [1.29, 1.82) is 0 Å². The van der Waals surface area contributed by atoms with Gasteiger partial charge in [0, 0.05) is 17.2 Å². The molecule has 7 heteroatoms. The molecule has 0 fully saturated rings. The first-order chi connectivity index (χ1) is 15.7. The van der Waals surface area contributed by atoms with Crippen LogP contribution in [0.2, 0.25) is 0 Å². The van der Waals surface area contributed by atoms with Crippen LogP contribution in [-0.2, 0) is 11.3 Å². The second-order valence-corrected chi connectivity index (χ2v) is 9.52. The Morgan fingerprint density at radius 1 is 0.969 bits per heavy atom. The molecule has 0 saturated heterocycles. The van der Waals surface area contributed by atoms with E-state index in [0.717, 1.165) is 21.9 Å². The minimum Gasteiger partial charge on any atom is -0.310 e. The summed E-state index contributed by atoms with van der Waals surface area (Å²) in [5.74, 6) is 1.12. The Bertz CT molecular complexity index is 1340. The van der Waals surface area contributed by atoms with Crippen LogP contribution in [0.4, 0.5) is 5.69 Å². The highest BCUT2D eigenvalue weighted by Crippen LogP contribution is 2.34. The van der Waals surface area contributed by atoms with Crippen LogP contribution in [0.15, 0.2) is 93.7 Å². The van der Waals surface area contributed by atoms with E-state index in [1.54, 1.807) is 22.4 Å². The number of aromatic nitrogens is 2. The molecule has 1 aliphatic rings. The summed E-state index contributed by atoms with van der Waals surface area (Å²) in [4.78, 5) is 34.1. The highest BCUT2D eigenvalue weighted by atomic mass is 32.2. The van der Waals surface area contributed by atoms with Crippen molar-refractivity contribution in [3.8, 4) is 0 Å². The lowest BCUT2D eigenvalue weighted by Crippen LogP contribution is -2.36. The van der Waals surface area contributed by atoms with Crippen LogP contribution in [-0.4, -0.2) is 33.5 Å². The molecular formula is C25H21N3O2S2. The molecule has 0 N–H and O–H groups in total. The number of carbonyl (C=O) groups is 1. The van der Waals surface area contributed by atoms with E-state index in [1.807, 2.05) is 71.6 Å². The third-order valence-corrected chi connectivity index (χ3v) is 7.37. The summed E-state index contributed by atoms with van der Waals surface area (Å²) in [7, 11) is 0. The van der Waals surface area contributed by atoms with Crippen LogP contribution in [0.25, 0.3) is 10.9 Å². The minimum atomic E-state index is -0.0888. The molecule has 3 aromatic carbocycles. The highest BCUT2D eigenvalue weighted by Gasteiger charge is 2.23. The van der Waals surface area contributed by atoms with Crippen molar-refractivity contribution < 1.29 is 4.79 Å². The maximum Gasteiger partial charge on any atom is 0.262 e. The zero-order valence-corrected chi connectivity index (χ0v) is 18.9. The summed E-state index contributed by atoms with van der Waals surface area (Å²) < 4.78 is 1.68. The number of para-hydroxylation sites is 2. The Hall–Kier alpha value is -3.03. The maximum atomic E-state index is 13.3. The fourth-order valence-electron chi connectivity index (χ4n) is 3.80. The summed E-state index contributed by atoms with van der Waals surface area (Å²) in [5, 5.41) is 1.15. The Kier molecular flexibility index (Phi) is 6.01. The minimum absolute atomic E-state index is 0.0245. The third kappa shape index (κ3) is 4.18. The van der Waals surface area contributed by atoms with Crippen molar-refractivity contribution in [3.63, 3.8) is 0 Å². The predicted octanol–water partition coefficient (Wildman–Crippen LogP) is 4.68. The zero-order chi connectivity index (χ0) is 21.9. The molecule has 0 spiro atoms. The molecule has 0 aliphatic carbocycles. The maximum absolute atomic E-state index is 13.3. The monoisotopic (exact) mass is 459 g/mol. The molecular weight excluding hydrogens is 438 g/mol. The van der Waals surface area contributed by atoms with Crippen molar-refractivity contribution in [3.05, 3.63) is 94.8 Å². The number of benzene rings is 3. The molecule has 2 heterocycles. The molecule has 1 aromatic heterocycles. The van der Waals surface area contributed by atoms with Gasteiger partial charge in [0.05, 0.1) is 28.9 Å². The Morgan fingerprint density at radius 3 is 2.59 bits per heavy atom. The van der Waals surface area contributed by atoms with Crippen molar-refractivity contribution in [2.24, 2.45) is 0 Å². The van der Waals surface area contributed by atoms with Gasteiger partial charge in [-0.25, -0.2) is 4.98 Å². The number of amides is 1. The van der Waals surface area contributed by atoms with Gasteiger partial charge in [-0.2, -0.15) is 0 Å². The number of anilines is 1. The van der Waals surface area contributed by atoms with Gasteiger partial charge >= 0.3 is 0 Å². The number of carbonyl (C=O) groups excluding carboxylic acids is 1. The lowest BCUT2D eigenvalue weighted by molar-refractivity contribution is -0.116. The van der Waals surface area contributed by atoms with Gasteiger partial charge in [0.2, 0.25) is 5.91 Å². The first-order valence-corrected chi connectivity index (χ1v) is 12.4. The summed E-state index contributed by atoms with van der Waals surface area (Å²) >= 11 is 3.10. The summed E-state index contributed by atoms with van der Waals surface area (Å²) in [6.45, 7) is 1.10. The van der Waals surface area contributed by atoms with Gasteiger partial charge in [0.25, 0.3) is 5.56 Å². The average molecular weight is 460 g/mol. The highest BCUT2D eigenvalue weighted by molar-refractivity contribution is 8.00. The van der Waals surface area contributed by atoms with E-state index in [2.05, 4.69) is 6.07 Å². The second kappa shape index (κ2) is 9.22. The van der Waals surface area contributed by atoms with Crippen LogP contribution < -0.4 is 10.5 Å². The van der Waals surface area contributed by atoms with E-state index in [4.69, 9.17) is 4.98 Å². The van der Waals surface area contributed by atoms with E-state index in [9.17, 15) is 9.59 Å². The topological polar surface area (TPSA) is 55.2 Å².